The minimum Gasteiger partial charge on any atom is -0.496 e. The average Bonchev–Trinajstić information content (AvgIpc) is 3.38. The number of aliphatic hydroxyl groups is 3. The van der Waals surface area contributed by atoms with E-state index in [1.165, 1.54) is 17.2 Å². The minimum atomic E-state index is -1.24. The average molecular weight is 447 g/mol. The lowest BCUT2D eigenvalue weighted by atomic mass is 10.1. The van der Waals surface area contributed by atoms with E-state index >= 15 is 0 Å². The Kier molecular flexibility index (Phi) is 6.28. The van der Waals surface area contributed by atoms with Crippen molar-refractivity contribution in [3.05, 3.63) is 30.4 Å². The second-order valence-electron chi connectivity index (χ2n) is 7.15. The molecule has 172 valence electrons. The minimum absolute atomic E-state index is 0.344. The zero-order valence-corrected chi connectivity index (χ0v) is 17.8. The summed E-state index contributed by atoms with van der Waals surface area (Å²) < 4.78 is 23.2. The van der Waals surface area contributed by atoms with Gasteiger partial charge in [0.15, 0.2) is 34.7 Å². The zero-order valence-electron chi connectivity index (χ0n) is 17.8. The van der Waals surface area contributed by atoms with Gasteiger partial charge in [0.1, 0.15) is 30.4 Å². The first-order valence-corrected chi connectivity index (χ1v) is 9.85. The summed E-state index contributed by atoms with van der Waals surface area (Å²) in [7, 11) is 4.67. The Morgan fingerprint density at radius 2 is 1.72 bits per heavy atom. The van der Waals surface area contributed by atoms with Crippen LogP contribution in [0.15, 0.2) is 24.8 Å². The summed E-state index contributed by atoms with van der Waals surface area (Å²) in [6, 6.07) is 3.54. The SMILES string of the molecule is COc1cc(OC)c(OC)cc1CNc1ncnc2c1ncn2[C@@H]1O[C@H](CO)[C@@H](O)[C@H]1O. The summed E-state index contributed by atoms with van der Waals surface area (Å²) in [5.41, 5.74) is 1.65. The predicted molar refractivity (Wildman–Crippen MR) is 112 cm³/mol. The molecule has 1 fully saturated rings. The Morgan fingerprint density at radius 1 is 1.00 bits per heavy atom. The molecule has 1 aliphatic rings. The van der Waals surface area contributed by atoms with E-state index in [2.05, 4.69) is 20.3 Å². The number of anilines is 1. The first-order valence-electron chi connectivity index (χ1n) is 9.85. The van der Waals surface area contributed by atoms with Crippen LogP contribution in [0.5, 0.6) is 17.2 Å². The highest BCUT2D eigenvalue weighted by atomic mass is 16.6. The van der Waals surface area contributed by atoms with Crippen LogP contribution in [0, 0.1) is 0 Å². The van der Waals surface area contributed by atoms with Crippen molar-refractivity contribution >= 4 is 17.0 Å². The lowest BCUT2D eigenvalue weighted by molar-refractivity contribution is -0.0511. The highest BCUT2D eigenvalue weighted by Crippen LogP contribution is 2.35. The fraction of sp³-hybridized carbons (Fsp3) is 0.450. The Bertz CT molecular complexity index is 1090. The molecule has 12 nitrogen and oxygen atoms in total. The molecule has 0 saturated carbocycles. The molecule has 0 amide bonds. The number of hydrogen-bond donors (Lipinski definition) is 4. The standard InChI is InChI=1S/C20H25N5O7/c1-29-11-5-13(31-3)12(30-2)4-10(11)6-21-18-15-19(23-8-22-18)25(9-24-15)20-17(28)16(27)14(7-26)32-20/h4-5,8-9,14,16-17,20,26-28H,6-7H2,1-3H3,(H,21,22,23)/t14-,16-,17-,20-/m1/s1. The van der Waals surface area contributed by atoms with Crippen molar-refractivity contribution in [3.63, 3.8) is 0 Å². The van der Waals surface area contributed by atoms with E-state index in [9.17, 15) is 15.3 Å². The van der Waals surface area contributed by atoms with Crippen LogP contribution >= 0.6 is 0 Å². The van der Waals surface area contributed by atoms with Gasteiger partial charge in [0.05, 0.1) is 34.3 Å². The van der Waals surface area contributed by atoms with Gasteiger partial charge in [-0.3, -0.25) is 4.57 Å². The van der Waals surface area contributed by atoms with E-state index in [4.69, 9.17) is 18.9 Å². The lowest BCUT2D eigenvalue weighted by Gasteiger charge is -2.16. The third kappa shape index (κ3) is 3.77. The van der Waals surface area contributed by atoms with Crippen LogP contribution in [0.4, 0.5) is 5.82 Å². The van der Waals surface area contributed by atoms with E-state index in [0.29, 0.717) is 40.8 Å². The summed E-state index contributed by atoms with van der Waals surface area (Å²) in [5.74, 6) is 2.18. The fourth-order valence-corrected chi connectivity index (χ4v) is 3.69. The van der Waals surface area contributed by atoms with Gasteiger partial charge in [-0.15, -0.1) is 0 Å². The molecule has 0 unspecified atom stereocenters. The maximum atomic E-state index is 10.3. The highest BCUT2D eigenvalue weighted by Gasteiger charge is 2.44. The van der Waals surface area contributed by atoms with Crippen molar-refractivity contribution in [3.8, 4) is 17.2 Å². The number of nitrogens with zero attached hydrogens (tertiary/aromatic N) is 4. The van der Waals surface area contributed by atoms with E-state index < -0.39 is 31.1 Å². The zero-order chi connectivity index (χ0) is 22.8. The van der Waals surface area contributed by atoms with Crippen LogP contribution in [0.25, 0.3) is 11.2 Å². The van der Waals surface area contributed by atoms with Gasteiger partial charge in [-0.1, -0.05) is 0 Å². The van der Waals surface area contributed by atoms with Crippen LogP contribution in [-0.2, 0) is 11.3 Å². The Hall–Kier alpha value is -3.19. The predicted octanol–water partition coefficient (Wildman–Crippen LogP) is 0.0757. The monoisotopic (exact) mass is 447 g/mol. The number of aliphatic hydroxyl groups excluding tert-OH is 3. The molecule has 0 radical (unpaired) electrons. The number of methoxy groups -OCH3 is 3. The second kappa shape index (κ2) is 9.12. The second-order valence-corrected chi connectivity index (χ2v) is 7.15. The van der Waals surface area contributed by atoms with E-state index in [1.54, 1.807) is 33.5 Å². The summed E-state index contributed by atoms with van der Waals surface area (Å²) in [5, 5.41) is 32.9. The molecular weight excluding hydrogens is 422 g/mol. The van der Waals surface area contributed by atoms with Gasteiger partial charge < -0.3 is 39.6 Å². The summed E-state index contributed by atoms with van der Waals surface area (Å²) in [4.78, 5) is 12.9. The third-order valence-electron chi connectivity index (χ3n) is 5.38. The van der Waals surface area contributed by atoms with E-state index in [0.717, 1.165) is 5.56 Å². The molecule has 3 heterocycles. The van der Waals surface area contributed by atoms with Crippen molar-refractivity contribution in [1.29, 1.82) is 0 Å². The van der Waals surface area contributed by atoms with E-state index in [-0.39, 0.29) is 0 Å². The number of benzene rings is 1. The number of nitrogens with one attached hydrogen (secondary N) is 1. The number of ether oxygens (including phenoxy) is 4. The maximum absolute atomic E-state index is 10.3. The number of hydrogen-bond acceptors (Lipinski definition) is 11. The Morgan fingerprint density at radius 3 is 2.38 bits per heavy atom. The van der Waals surface area contributed by atoms with Gasteiger partial charge in [0, 0.05) is 18.2 Å². The molecule has 4 N–H and O–H groups in total. The Balaban J connectivity index is 1.61. The molecule has 1 saturated heterocycles. The largest absolute Gasteiger partial charge is 0.496 e. The first-order chi connectivity index (χ1) is 15.5. The molecule has 0 bridgehead atoms. The van der Waals surface area contributed by atoms with Crippen molar-refractivity contribution < 1.29 is 34.3 Å². The van der Waals surface area contributed by atoms with Crippen LogP contribution in [-0.4, -0.2) is 81.1 Å². The lowest BCUT2D eigenvalue weighted by Crippen LogP contribution is -2.33. The van der Waals surface area contributed by atoms with Crippen LogP contribution in [0.3, 0.4) is 0 Å². The van der Waals surface area contributed by atoms with Crippen molar-refractivity contribution in [1.82, 2.24) is 19.5 Å². The first kappa shape index (κ1) is 22.0. The van der Waals surface area contributed by atoms with Crippen molar-refractivity contribution in [2.45, 2.75) is 31.1 Å². The third-order valence-corrected chi connectivity index (χ3v) is 5.38. The maximum Gasteiger partial charge on any atom is 0.167 e. The summed E-state index contributed by atoms with van der Waals surface area (Å²) in [6.45, 7) is -0.0767. The van der Waals surface area contributed by atoms with Gasteiger partial charge >= 0.3 is 0 Å². The van der Waals surface area contributed by atoms with Gasteiger partial charge in [-0.25, -0.2) is 15.0 Å². The summed E-state index contributed by atoms with van der Waals surface area (Å²) in [6.07, 6.45) is -1.51. The highest BCUT2D eigenvalue weighted by molar-refractivity contribution is 5.82. The van der Waals surface area contributed by atoms with Gasteiger partial charge in [0.25, 0.3) is 0 Å². The van der Waals surface area contributed by atoms with Crippen LogP contribution in [0.2, 0.25) is 0 Å². The Labute approximate surface area is 183 Å². The molecule has 0 aliphatic carbocycles. The summed E-state index contributed by atoms with van der Waals surface area (Å²) >= 11 is 0. The number of aromatic nitrogens is 4. The van der Waals surface area contributed by atoms with Gasteiger partial charge in [-0.2, -0.15) is 0 Å². The van der Waals surface area contributed by atoms with Crippen molar-refractivity contribution in [2.75, 3.05) is 33.3 Å². The molecule has 1 aromatic carbocycles. The molecule has 4 atom stereocenters. The fourth-order valence-electron chi connectivity index (χ4n) is 3.69. The number of fused-ring (bicyclic) bond motifs is 1. The van der Waals surface area contributed by atoms with Crippen LogP contribution < -0.4 is 19.5 Å². The number of rotatable bonds is 8. The topological polar surface area (TPSA) is 153 Å². The molecule has 0 spiro atoms. The van der Waals surface area contributed by atoms with Crippen LogP contribution in [0.1, 0.15) is 11.8 Å². The smallest absolute Gasteiger partial charge is 0.167 e. The molecule has 2 aromatic heterocycles. The quantitative estimate of drug-likeness (QED) is 0.371. The molecule has 1 aliphatic heterocycles. The van der Waals surface area contributed by atoms with E-state index in [1.807, 2.05) is 0 Å². The normalized spacial score (nSPS) is 22.8. The number of imidazole rings is 1. The molecule has 3 aromatic rings. The molecule has 12 heteroatoms. The van der Waals surface area contributed by atoms with Gasteiger partial charge in [-0.05, 0) is 6.07 Å². The molecular formula is C20H25N5O7. The van der Waals surface area contributed by atoms with Crippen molar-refractivity contribution in [2.24, 2.45) is 0 Å². The molecule has 32 heavy (non-hydrogen) atoms. The van der Waals surface area contributed by atoms with Gasteiger partial charge in [0.2, 0.25) is 0 Å². The molecule has 4 rings (SSSR count).